The molecule has 0 spiro atoms. The molecule has 0 aliphatic carbocycles. The van der Waals surface area contributed by atoms with Gasteiger partial charge in [-0.15, -0.1) is 11.3 Å². The molecule has 128 valence electrons. The molecule has 1 aromatic heterocycles. The molecule has 0 unspecified atom stereocenters. The van der Waals surface area contributed by atoms with Gasteiger partial charge >= 0.3 is 0 Å². The van der Waals surface area contributed by atoms with Gasteiger partial charge in [-0.2, -0.15) is 0 Å². The SMILES string of the molecule is Cc1ccccc1OCc1csc(C(=O)Nc2c(C)cccc2C)c1. The van der Waals surface area contributed by atoms with Gasteiger partial charge in [-0.25, -0.2) is 0 Å². The standard InChI is InChI=1S/C21H21NO2S/c1-14-7-4-5-10-18(14)24-12-17-11-19(25-13-17)21(23)22-20-15(2)8-6-9-16(20)3/h4-11,13H,12H2,1-3H3,(H,22,23). The predicted molar refractivity (Wildman–Crippen MR) is 104 cm³/mol. The Hall–Kier alpha value is -2.59. The number of para-hydroxylation sites is 2. The van der Waals surface area contributed by atoms with E-state index in [4.69, 9.17) is 4.74 Å². The summed E-state index contributed by atoms with van der Waals surface area (Å²) in [4.78, 5) is 13.2. The first-order valence-electron chi connectivity index (χ1n) is 8.18. The van der Waals surface area contributed by atoms with Crippen molar-refractivity contribution in [1.82, 2.24) is 0 Å². The zero-order chi connectivity index (χ0) is 17.8. The van der Waals surface area contributed by atoms with E-state index in [-0.39, 0.29) is 5.91 Å². The number of rotatable bonds is 5. The molecule has 1 N–H and O–H groups in total. The summed E-state index contributed by atoms with van der Waals surface area (Å²) in [5.41, 5.74) is 5.12. The normalized spacial score (nSPS) is 10.5. The minimum Gasteiger partial charge on any atom is -0.489 e. The Morgan fingerprint density at radius 1 is 1.00 bits per heavy atom. The highest BCUT2D eigenvalue weighted by atomic mass is 32.1. The van der Waals surface area contributed by atoms with Gasteiger partial charge in [-0.1, -0.05) is 36.4 Å². The number of carbonyl (C=O) groups excluding carboxylic acids is 1. The molecule has 3 nitrogen and oxygen atoms in total. The van der Waals surface area contributed by atoms with Gasteiger partial charge in [0.15, 0.2) is 0 Å². The Morgan fingerprint density at radius 3 is 2.40 bits per heavy atom. The van der Waals surface area contributed by atoms with Crippen LogP contribution in [-0.2, 0) is 6.61 Å². The van der Waals surface area contributed by atoms with E-state index >= 15 is 0 Å². The number of hydrogen-bond acceptors (Lipinski definition) is 3. The molecule has 2 aromatic carbocycles. The number of hydrogen-bond donors (Lipinski definition) is 1. The second kappa shape index (κ2) is 7.53. The first kappa shape index (κ1) is 17.2. The van der Waals surface area contributed by atoms with Crippen LogP contribution in [0.5, 0.6) is 5.75 Å². The van der Waals surface area contributed by atoms with Gasteiger partial charge in [-0.3, -0.25) is 4.79 Å². The second-order valence-electron chi connectivity index (χ2n) is 6.09. The lowest BCUT2D eigenvalue weighted by Crippen LogP contribution is -2.12. The summed E-state index contributed by atoms with van der Waals surface area (Å²) >= 11 is 1.44. The Kier molecular flexibility index (Phi) is 5.19. The summed E-state index contributed by atoms with van der Waals surface area (Å²) in [7, 11) is 0. The molecule has 0 aliphatic rings. The number of nitrogens with one attached hydrogen (secondary N) is 1. The maximum atomic E-state index is 12.5. The number of amides is 1. The smallest absolute Gasteiger partial charge is 0.265 e. The Labute approximate surface area is 152 Å². The Balaban J connectivity index is 1.67. The van der Waals surface area contributed by atoms with Gasteiger partial charge in [0.25, 0.3) is 5.91 Å². The summed E-state index contributed by atoms with van der Waals surface area (Å²) < 4.78 is 5.85. The van der Waals surface area contributed by atoms with Crippen molar-refractivity contribution in [3.05, 3.63) is 81.0 Å². The van der Waals surface area contributed by atoms with Crippen LogP contribution in [-0.4, -0.2) is 5.91 Å². The maximum Gasteiger partial charge on any atom is 0.265 e. The first-order chi connectivity index (χ1) is 12.0. The molecular formula is C21H21NO2S. The fraction of sp³-hybridized carbons (Fsp3) is 0.190. The average Bonchev–Trinajstić information content (AvgIpc) is 3.06. The molecule has 4 heteroatoms. The highest BCUT2D eigenvalue weighted by Gasteiger charge is 2.12. The van der Waals surface area contributed by atoms with Gasteiger partial charge in [0.2, 0.25) is 0 Å². The zero-order valence-corrected chi connectivity index (χ0v) is 15.4. The van der Waals surface area contributed by atoms with Crippen LogP contribution in [0.2, 0.25) is 0 Å². The summed E-state index contributed by atoms with van der Waals surface area (Å²) in [5.74, 6) is 0.791. The molecule has 25 heavy (non-hydrogen) atoms. The van der Waals surface area contributed by atoms with Crippen molar-refractivity contribution in [1.29, 1.82) is 0 Å². The topological polar surface area (TPSA) is 38.3 Å². The monoisotopic (exact) mass is 351 g/mol. The van der Waals surface area contributed by atoms with Crippen LogP contribution in [0.1, 0.15) is 31.9 Å². The van der Waals surface area contributed by atoms with Crippen molar-refractivity contribution in [2.45, 2.75) is 27.4 Å². The van der Waals surface area contributed by atoms with Gasteiger partial charge in [0.1, 0.15) is 12.4 Å². The summed E-state index contributed by atoms with van der Waals surface area (Å²) in [6, 6.07) is 15.8. The third kappa shape index (κ3) is 4.09. The number of benzene rings is 2. The molecule has 1 amide bonds. The number of aryl methyl sites for hydroxylation is 3. The van der Waals surface area contributed by atoms with Crippen molar-refractivity contribution in [2.24, 2.45) is 0 Å². The van der Waals surface area contributed by atoms with E-state index < -0.39 is 0 Å². The quantitative estimate of drug-likeness (QED) is 0.659. The fourth-order valence-corrected chi connectivity index (χ4v) is 3.43. The van der Waals surface area contributed by atoms with Crippen molar-refractivity contribution >= 4 is 22.9 Å². The Morgan fingerprint density at radius 2 is 1.68 bits per heavy atom. The van der Waals surface area contributed by atoms with E-state index in [9.17, 15) is 4.79 Å². The van der Waals surface area contributed by atoms with Crippen LogP contribution in [0, 0.1) is 20.8 Å². The van der Waals surface area contributed by atoms with Gasteiger partial charge in [-0.05, 0) is 55.0 Å². The lowest BCUT2D eigenvalue weighted by atomic mass is 10.1. The van der Waals surface area contributed by atoms with Crippen molar-refractivity contribution in [2.75, 3.05) is 5.32 Å². The van der Waals surface area contributed by atoms with E-state index in [2.05, 4.69) is 5.32 Å². The largest absolute Gasteiger partial charge is 0.489 e. The van der Waals surface area contributed by atoms with E-state index in [1.54, 1.807) is 0 Å². The zero-order valence-electron chi connectivity index (χ0n) is 14.6. The minimum absolute atomic E-state index is 0.0791. The highest BCUT2D eigenvalue weighted by molar-refractivity contribution is 7.12. The molecule has 3 rings (SSSR count). The van der Waals surface area contributed by atoms with Crippen LogP contribution >= 0.6 is 11.3 Å². The van der Waals surface area contributed by atoms with Gasteiger partial charge in [0.05, 0.1) is 4.88 Å². The van der Waals surface area contributed by atoms with Gasteiger partial charge < -0.3 is 10.1 Å². The lowest BCUT2D eigenvalue weighted by molar-refractivity contribution is 0.103. The molecule has 0 saturated carbocycles. The van der Waals surface area contributed by atoms with Crippen LogP contribution in [0.3, 0.4) is 0 Å². The first-order valence-corrected chi connectivity index (χ1v) is 9.06. The van der Waals surface area contributed by atoms with Crippen LogP contribution in [0.25, 0.3) is 0 Å². The van der Waals surface area contributed by atoms with Crippen molar-refractivity contribution < 1.29 is 9.53 Å². The number of ether oxygens (including phenoxy) is 1. The molecular weight excluding hydrogens is 330 g/mol. The van der Waals surface area contributed by atoms with E-state index in [0.29, 0.717) is 11.5 Å². The number of thiophene rings is 1. The molecule has 0 fully saturated rings. The van der Waals surface area contributed by atoms with Gasteiger partial charge in [0, 0.05) is 11.3 Å². The maximum absolute atomic E-state index is 12.5. The predicted octanol–water partition coefficient (Wildman–Crippen LogP) is 5.50. The highest BCUT2D eigenvalue weighted by Crippen LogP contribution is 2.23. The molecule has 0 radical (unpaired) electrons. The molecule has 0 saturated heterocycles. The summed E-state index contributed by atoms with van der Waals surface area (Å²) in [6.07, 6.45) is 0. The summed E-state index contributed by atoms with van der Waals surface area (Å²) in [5, 5.41) is 4.99. The molecule has 1 heterocycles. The second-order valence-corrected chi connectivity index (χ2v) is 7.01. The van der Waals surface area contributed by atoms with Crippen LogP contribution in [0.15, 0.2) is 53.9 Å². The van der Waals surface area contributed by atoms with E-state index in [1.165, 1.54) is 11.3 Å². The van der Waals surface area contributed by atoms with Crippen molar-refractivity contribution in [3.8, 4) is 5.75 Å². The summed E-state index contributed by atoms with van der Waals surface area (Å²) in [6.45, 7) is 6.47. The van der Waals surface area contributed by atoms with E-state index in [1.807, 2.05) is 74.7 Å². The van der Waals surface area contributed by atoms with Crippen molar-refractivity contribution in [3.63, 3.8) is 0 Å². The fourth-order valence-electron chi connectivity index (χ4n) is 2.64. The molecule has 0 aliphatic heterocycles. The average molecular weight is 351 g/mol. The molecule has 3 aromatic rings. The third-order valence-electron chi connectivity index (χ3n) is 4.09. The van der Waals surface area contributed by atoms with Crippen LogP contribution in [0.4, 0.5) is 5.69 Å². The molecule has 0 bridgehead atoms. The minimum atomic E-state index is -0.0791. The van der Waals surface area contributed by atoms with Crippen LogP contribution < -0.4 is 10.1 Å². The number of anilines is 1. The number of carbonyl (C=O) groups is 1. The lowest BCUT2D eigenvalue weighted by Gasteiger charge is -2.10. The third-order valence-corrected chi connectivity index (χ3v) is 5.06. The Bertz CT molecular complexity index is 878. The van der Waals surface area contributed by atoms with E-state index in [0.717, 1.165) is 33.7 Å². The molecule has 0 atom stereocenters.